The Morgan fingerprint density at radius 3 is 1.93 bits per heavy atom. The Morgan fingerprint density at radius 1 is 1.00 bits per heavy atom. The van der Waals surface area contributed by atoms with Gasteiger partial charge in [-0.25, -0.2) is 8.42 Å². The fourth-order valence-corrected chi connectivity index (χ4v) is 2.54. The van der Waals surface area contributed by atoms with Gasteiger partial charge in [-0.05, 0) is 17.7 Å². The molecule has 2 aromatic rings. The average Bonchev–Trinajstić information content (AvgIpc) is 2.54. The third-order valence-electron chi connectivity index (χ3n) is 3.30. The minimum absolute atomic E-state index is 0. The fourth-order valence-electron chi connectivity index (χ4n) is 2.22. The van der Waals surface area contributed by atoms with E-state index in [0.29, 0.717) is 11.0 Å². The van der Waals surface area contributed by atoms with E-state index in [1.54, 1.807) is 24.3 Å². The van der Waals surface area contributed by atoms with Crippen LogP contribution < -0.4 is 42.0 Å². The van der Waals surface area contributed by atoms with Crippen molar-refractivity contribution < 1.29 is 59.4 Å². The molecule has 0 aromatic heterocycles. The largest absolute Gasteiger partial charge is 1.00 e. The van der Waals surface area contributed by atoms with Crippen LogP contribution in [0.4, 0.5) is 0 Å². The number of nitrogens with zero attached hydrogens (tertiary/aromatic N) is 1. The summed E-state index contributed by atoms with van der Waals surface area (Å²) in [5, 5.41) is 0.641. The van der Waals surface area contributed by atoms with Crippen molar-refractivity contribution in [2.24, 2.45) is 0 Å². The summed E-state index contributed by atoms with van der Waals surface area (Å²) in [5.41, 5.74) is 2.08. The number of likely N-dealkylation sites (N-methyl/N-ethyl adjacent to an activating group) is 1. The Labute approximate surface area is 191 Å². The molecule has 0 fully saturated rings. The fraction of sp³-hybridized carbons (Fsp3) is 0.200. The first kappa shape index (κ1) is 28.3. The maximum Gasteiger partial charge on any atom is 1.00 e. The molecule has 7 heteroatoms. The van der Waals surface area contributed by atoms with Gasteiger partial charge >= 0.3 is 29.6 Å². The SMILES string of the molecule is C=CC[N+](C)(C)Cc1ccccc1.O=S(=O)([O-])C=Cc1ccccc1.[Cl-].[Na+]. The molecule has 142 valence electrons. The van der Waals surface area contributed by atoms with Gasteiger partial charge in [0.05, 0.1) is 20.6 Å². The number of quaternary nitrogens is 1. The Morgan fingerprint density at radius 2 is 1.48 bits per heavy atom. The van der Waals surface area contributed by atoms with E-state index < -0.39 is 10.1 Å². The summed E-state index contributed by atoms with van der Waals surface area (Å²) in [6, 6.07) is 19.3. The predicted octanol–water partition coefficient (Wildman–Crippen LogP) is -2.34. The molecule has 0 N–H and O–H groups in total. The van der Waals surface area contributed by atoms with Gasteiger partial charge in [-0.1, -0.05) is 67.2 Å². The smallest absolute Gasteiger partial charge is 1.00 e. The Balaban J connectivity index is 0. The van der Waals surface area contributed by atoms with Crippen LogP contribution in [0.3, 0.4) is 0 Å². The monoisotopic (exact) mass is 417 g/mol. The van der Waals surface area contributed by atoms with Gasteiger partial charge < -0.3 is 21.4 Å². The third-order valence-corrected chi connectivity index (χ3v) is 3.77. The first-order valence-electron chi connectivity index (χ1n) is 7.88. The van der Waals surface area contributed by atoms with Crippen LogP contribution in [0, 0.1) is 0 Å². The van der Waals surface area contributed by atoms with E-state index in [1.165, 1.54) is 11.6 Å². The van der Waals surface area contributed by atoms with Crippen LogP contribution in [0.25, 0.3) is 6.08 Å². The van der Waals surface area contributed by atoms with Gasteiger partial charge in [-0.2, -0.15) is 0 Å². The van der Waals surface area contributed by atoms with E-state index in [9.17, 15) is 13.0 Å². The van der Waals surface area contributed by atoms with E-state index >= 15 is 0 Å². The first-order chi connectivity index (χ1) is 11.7. The first-order valence-corrected chi connectivity index (χ1v) is 9.35. The van der Waals surface area contributed by atoms with Crippen LogP contribution in [0.2, 0.25) is 0 Å². The molecule has 0 unspecified atom stereocenters. The van der Waals surface area contributed by atoms with Gasteiger partial charge in [-0.15, -0.1) is 0 Å². The molecule has 0 spiro atoms. The third kappa shape index (κ3) is 14.8. The molecule has 4 nitrogen and oxygen atoms in total. The van der Waals surface area contributed by atoms with Crippen LogP contribution in [0.1, 0.15) is 11.1 Å². The van der Waals surface area contributed by atoms with Crippen molar-refractivity contribution in [3.05, 3.63) is 89.9 Å². The molecule has 27 heavy (non-hydrogen) atoms. The van der Waals surface area contributed by atoms with Crippen molar-refractivity contribution in [3.8, 4) is 0 Å². The summed E-state index contributed by atoms with van der Waals surface area (Å²) in [6.45, 7) is 5.84. The molecule has 0 amide bonds. The molecule has 2 aromatic carbocycles. The second kappa shape index (κ2) is 14.1. The van der Waals surface area contributed by atoms with E-state index in [2.05, 4.69) is 51.0 Å². The molecule has 0 aliphatic heterocycles. The van der Waals surface area contributed by atoms with E-state index in [1.807, 2.05) is 12.1 Å². The maximum absolute atomic E-state index is 10.2. The number of rotatable bonds is 6. The van der Waals surface area contributed by atoms with Gasteiger partial charge in [0, 0.05) is 11.0 Å². The van der Waals surface area contributed by atoms with Crippen LogP contribution in [-0.2, 0) is 16.7 Å². The Bertz CT molecular complexity index is 779. The molecule has 0 saturated carbocycles. The molecular weight excluding hydrogens is 393 g/mol. The molecule has 0 aliphatic rings. The van der Waals surface area contributed by atoms with Gasteiger partial charge in [0.2, 0.25) is 0 Å². The Hall–Kier alpha value is -0.920. The van der Waals surface area contributed by atoms with Crippen molar-refractivity contribution in [2.45, 2.75) is 6.54 Å². The summed E-state index contributed by atoms with van der Waals surface area (Å²) >= 11 is 0. The van der Waals surface area contributed by atoms with Crippen molar-refractivity contribution in [1.29, 1.82) is 0 Å². The summed E-state index contributed by atoms with van der Waals surface area (Å²) < 4.78 is 31.5. The second-order valence-electron chi connectivity index (χ2n) is 6.26. The standard InChI is InChI=1S/C12H18N.C8H8O3S.ClH.Na/c1-4-10-13(2,3)11-12-8-6-5-7-9-12;9-12(10,11)7-6-8-4-2-1-3-5-8;;/h4-9H,1,10-11H2,2-3H3;1-7H,(H,9,10,11);1H;/q+1;;;+1/p-2. The minimum atomic E-state index is -4.25. The zero-order valence-electron chi connectivity index (χ0n) is 16.1. The van der Waals surface area contributed by atoms with E-state index in [-0.39, 0.29) is 42.0 Å². The summed E-state index contributed by atoms with van der Waals surface area (Å²) in [4.78, 5) is 0. The minimum Gasteiger partial charge on any atom is -1.00 e. The van der Waals surface area contributed by atoms with Gasteiger partial charge in [0.25, 0.3) is 0 Å². The predicted molar refractivity (Wildman–Crippen MR) is 102 cm³/mol. The number of hydrogen-bond acceptors (Lipinski definition) is 3. The zero-order chi connectivity index (χ0) is 18.8. The number of benzene rings is 2. The zero-order valence-corrected chi connectivity index (χ0v) is 19.7. The van der Waals surface area contributed by atoms with E-state index in [4.69, 9.17) is 0 Å². The summed E-state index contributed by atoms with van der Waals surface area (Å²) in [6.07, 6.45) is 3.24. The summed E-state index contributed by atoms with van der Waals surface area (Å²) in [5.74, 6) is 0. The normalized spacial score (nSPS) is 10.8. The van der Waals surface area contributed by atoms with Crippen molar-refractivity contribution in [2.75, 3.05) is 20.6 Å². The second-order valence-corrected chi connectivity index (χ2v) is 7.51. The van der Waals surface area contributed by atoms with Gasteiger partial charge in [0.1, 0.15) is 16.7 Å². The Kier molecular flexibility index (Phi) is 14.8. The topological polar surface area (TPSA) is 57.2 Å². The molecule has 0 atom stereocenters. The molecular formula is C20H25ClNNaO3S. The van der Waals surface area contributed by atoms with Crippen molar-refractivity contribution in [1.82, 2.24) is 0 Å². The molecule has 0 aliphatic carbocycles. The van der Waals surface area contributed by atoms with Crippen molar-refractivity contribution >= 4 is 16.2 Å². The maximum atomic E-state index is 10.2. The average molecular weight is 418 g/mol. The molecule has 0 heterocycles. The quantitative estimate of drug-likeness (QED) is 0.229. The van der Waals surface area contributed by atoms with Crippen LogP contribution in [0.5, 0.6) is 0 Å². The van der Waals surface area contributed by atoms with Crippen LogP contribution in [-0.4, -0.2) is 38.1 Å². The molecule has 0 radical (unpaired) electrons. The number of halogens is 1. The molecule has 0 saturated heterocycles. The van der Waals surface area contributed by atoms with Gasteiger partial charge in [0.15, 0.2) is 0 Å². The van der Waals surface area contributed by atoms with Crippen molar-refractivity contribution in [3.63, 3.8) is 0 Å². The molecule has 0 bridgehead atoms. The number of hydrogen-bond donors (Lipinski definition) is 0. The van der Waals surface area contributed by atoms with Gasteiger partial charge in [-0.3, -0.25) is 0 Å². The molecule has 2 rings (SSSR count). The van der Waals surface area contributed by atoms with Crippen LogP contribution in [0.15, 0.2) is 78.7 Å². The van der Waals surface area contributed by atoms with Crippen LogP contribution >= 0.6 is 0 Å². The summed E-state index contributed by atoms with van der Waals surface area (Å²) in [7, 11) is 0.181. The van der Waals surface area contributed by atoms with E-state index in [0.717, 1.165) is 17.6 Å².